The van der Waals surface area contributed by atoms with E-state index in [0.29, 0.717) is 22.6 Å². The highest BCUT2D eigenvalue weighted by Gasteiger charge is 2.29. The Morgan fingerprint density at radius 3 is 2.71 bits per heavy atom. The third-order valence-electron chi connectivity index (χ3n) is 3.49. The molecule has 5 heteroatoms. The fourth-order valence-corrected chi connectivity index (χ4v) is 2.41. The molecular formula is C16H14O5. The third kappa shape index (κ3) is 2.38. The van der Waals surface area contributed by atoms with E-state index in [-0.39, 0.29) is 23.7 Å². The second-order valence-corrected chi connectivity index (χ2v) is 4.84. The molecule has 2 aromatic carbocycles. The minimum atomic E-state index is -0.585. The number of methoxy groups -OCH3 is 1. The van der Waals surface area contributed by atoms with E-state index in [9.17, 15) is 15.0 Å². The number of benzene rings is 2. The topological polar surface area (TPSA) is 76.0 Å². The fourth-order valence-electron chi connectivity index (χ4n) is 2.41. The van der Waals surface area contributed by atoms with Crippen molar-refractivity contribution in [3.05, 3.63) is 47.5 Å². The van der Waals surface area contributed by atoms with E-state index in [1.165, 1.54) is 31.4 Å². The van der Waals surface area contributed by atoms with Crippen LogP contribution in [0.2, 0.25) is 0 Å². The van der Waals surface area contributed by atoms with Crippen molar-refractivity contribution in [2.45, 2.75) is 12.5 Å². The molecule has 0 saturated heterocycles. The number of hydrogen-bond acceptors (Lipinski definition) is 5. The van der Waals surface area contributed by atoms with E-state index in [4.69, 9.17) is 9.47 Å². The summed E-state index contributed by atoms with van der Waals surface area (Å²) in [5.41, 5.74) is 0.954. The van der Waals surface area contributed by atoms with Crippen LogP contribution in [-0.4, -0.2) is 23.1 Å². The van der Waals surface area contributed by atoms with Crippen LogP contribution in [-0.2, 0) is 0 Å². The monoisotopic (exact) mass is 286 g/mol. The lowest BCUT2D eigenvalue weighted by Gasteiger charge is -2.26. The number of rotatable bonds is 2. The first-order valence-electron chi connectivity index (χ1n) is 6.48. The molecule has 5 nitrogen and oxygen atoms in total. The maximum absolute atomic E-state index is 12.1. The third-order valence-corrected chi connectivity index (χ3v) is 3.49. The van der Waals surface area contributed by atoms with Gasteiger partial charge >= 0.3 is 0 Å². The predicted octanol–water partition coefficient (Wildman–Crippen LogP) is 2.81. The summed E-state index contributed by atoms with van der Waals surface area (Å²) in [4.78, 5) is 12.1. The number of ketones is 1. The number of carbonyl (C=O) groups is 1. The van der Waals surface area contributed by atoms with Crippen LogP contribution in [0.4, 0.5) is 0 Å². The molecule has 0 saturated carbocycles. The molecule has 0 aromatic heterocycles. The Balaban J connectivity index is 1.97. The first kappa shape index (κ1) is 13.3. The molecule has 21 heavy (non-hydrogen) atoms. The molecule has 3 rings (SSSR count). The molecule has 1 unspecified atom stereocenters. The van der Waals surface area contributed by atoms with Crippen molar-refractivity contribution in [2.75, 3.05) is 7.11 Å². The summed E-state index contributed by atoms with van der Waals surface area (Å²) < 4.78 is 10.8. The van der Waals surface area contributed by atoms with Gasteiger partial charge in [-0.25, -0.2) is 0 Å². The van der Waals surface area contributed by atoms with Crippen molar-refractivity contribution in [1.82, 2.24) is 0 Å². The molecule has 1 heterocycles. The Labute approximate surface area is 121 Å². The number of ether oxygens (including phenoxy) is 2. The highest BCUT2D eigenvalue weighted by molar-refractivity contribution is 6.00. The van der Waals surface area contributed by atoms with Crippen LogP contribution in [0.5, 0.6) is 23.0 Å². The number of carbonyl (C=O) groups excluding carboxylic acids is 1. The predicted molar refractivity (Wildman–Crippen MR) is 75.1 cm³/mol. The Hall–Kier alpha value is -2.69. The lowest BCUT2D eigenvalue weighted by atomic mass is 9.95. The summed E-state index contributed by atoms with van der Waals surface area (Å²) in [5, 5.41) is 19.5. The fraction of sp³-hybridized carbons (Fsp3) is 0.188. The van der Waals surface area contributed by atoms with E-state index < -0.39 is 6.10 Å². The molecule has 0 spiro atoms. The Kier molecular flexibility index (Phi) is 3.17. The van der Waals surface area contributed by atoms with Crippen molar-refractivity contribution in [3.63, 3.8) is 0 Å². The first-order chi connectivity index (χ1) is 10.1. The van der Waals surface area contributed by atoms with Gasteiger partial charge in [0.1, 0.15) is 29.1 Å². The molecular weight excluding hydrogens is 272 g/mol. The minimum Gasteiger partial charge on any atom is -0.508 e. The van der Waals surface area contributed by atoms with Crippen molar-refractivity contribution in [2.24, 2.45) is 0 Å². The van der Waals surface area contributed by atoms with Crippen LogP contribution in [0.1, 0.15) is 28.4 Å². The van der Waals surface area contributed by atoms with Gasteiger partial charge in [-0.2, -0.15) is 0 Å². The normalized spacial score (nSPS) is 17.0. The summed E-state index contributed by atoms with van der Waals surface area (Å²) in [6.07, 6.45) is -0.449. The molecule has 108 valence electrons. The van der Waals surface area contributed by atoms with Gasteiger partial charge in [-0.1, -0.05) is 0 Å². The van der Waals surface area contributed by atoms with E-state index in [2.05, 4.69) is 0 Å². The summed E-state index contributed by atoms with van der Waals surface area (Å²) in [5.74, 6) is 0.802. The van der Waals surface area contributed by atoms with Crippen molar-refractivity contribution in [3.8, 4) is 23.0 Å². The molecule has 2 aromatic rings. The maximum Gasteiger partial charge on any atom is 0.170 e. The zero-order valence-electron chi connectivity index (χ0n) is 11.4. The van der Waals surface area contributed by atoms with E-state index in [1.54, 1.807) is 12.1 Å². The average molecular weight is 286 g/mol. The van der Waals surface area contributed by atoms with Crippen LogP contribution in [0.3, 0.4) is 0 Å². The van der Waals surface area contributed by atoms with Gasteiger partial charge in [-0.15, -0.1) is 0 Å². The van der Waals surface area contributed by atoms with Crippen molar-refractivity contribution in [1.29, 1.82) is 0 Å². The average Bonchev–Trinajstić information content (AvgIpc) is 2.46. The van der Waals surface area contributed by atoms with Gasteiger partial charge in [-0.3, -0.25) is 4.79 Å². The lowest BCUT2D eigenvalue weighted by molar-refractivity contribution is 0.0847. The molecule has 1 aliphatic heterocycles. The first-order valence-corrected chi connectivity index (χ1v) is 6.48. The maximum atomic E-state index is 12.1. The highest BCUT2D eigenvalue weighted by atomic mass is 16.5. The van der Waals surface area contributed by atoms with E-state index in [0.717, 1.165) is 0 Å². The van der Waals surface area contributed by atoms with Gasteiger partial charge in [-0.05, 0) is 24.3 Å². The Morgan fingerprint density at radius 1 is 1.19 bits per heavy atom. The van der Waals surface area contributed by atoms with Gasteiger partial charge in [0.25, 0.3) is 0 Å². The Bertz CT molecular complexity index is 708. The van der Waals surface area contributed by atoms with Crippen LogP contribution in [0.25, 0.3) is 0 Å². The van der Waals surface area contributed by atoms with Crippen LogP contribution in [0.15, 0.2) is 36.4 Å². The smallest absolute Gasteiger partial charge is 0.170 e. The van der Waals surface area contributed by atoms with Gasteiger partial charge in [0.05, 0.1) is 19.1 Å². The quantitative estimate of drug-likeness (QED) is 0.887. The van der Waals surface area contributed by atoms with Crippen LogP contribution in [0, 0.1) is 0 Å². The second kappa shape index (κ2) is 5.01. The summed E-state index contributed by atoms with van der Waals surface area (Å²) in [7, 11) is 1.51. The van der Waals surface area contributed by atoms with Crippen molar-refractivity contribution >= 4 is 5.78 Å². The van der Waals surface area contributed by atoms with Gasteiger partial charge in [0.2, 0.25) is 0 Å². The number of phenols is 2. The molecule has 1 aliphatic rings. The van der Waals surface area contributed by atoms with Gasteiger partial charge < -0.3 is 19.7 Å². The molecule has 2 N–H and O–H groups in total. The highest BCUT2D eigenvalue weighted by Crippen LogP contribution is 2.40. The van der Waals surface area contributed by atoms with E-state index in [1.807, 2.05) is 0 Å². The molecule has 0 radical (unpaired) electrons. The standard InChI is InChI=1S/C16H14O5/c1-20-10-3-5-12(13(18)7-10)16-8-14(19)11-4-2-9(17)6-15(11)21-16/h2-7,16-18H,8H2,1H3. The molecule has 0 fully saturated rings. The summed E-state index contributed by atoms with van der Waals surface area (Å²) >= 11 is 0. The number of fused-ring (bicyclic) bond motifs is 1. The number of aromatic hydroxyl groups is 2. The minimum absolute atomic E-state index is 0.00996. The summed E-state index contributed by atoms with van der Waals surface area (Å²) in [6.45, 7) is 0. The second-order valence-electron chi connectivity index (χ2n) is 4.84. The van der Waals surface area contributed by atoms with Crippen LogP contribution < -0.4 is 9.47 Å². The molecule has 0 amide bonds. The largest absolute Gasteiger partial charge is 0.508 e. The van der Waals surface area contributed by atoms with Gasteiger partial charge in [0.15, 0.2) is 5.78 Å². The summed E-state index contributed by atoms with van der Waals surface area (Å²) in [6, 6.07) is 9.23. The molecule has 0 bridgehead atoms. The van der Waals surface area contributed by atoms with Crippen LogP contribution >= 0.6 is 0 Å². The zero-order valence-corrected chi connectivity index (χ0v) is 11.4. The SMILES string of the molecule is COc1ccc(C2CC(=O)c3ccc(O)cc3O2)c(O)c1. The number of hydrogen-bond donors (Lipinski definition) is 2. The van der Waals surface area contributed by atoms with Gasteiger partial charge in [0, 0.05) is 17.7 Å². The molecule has 0 aliphatic carbocycles. The van der Waals surface area contributed by atoms with Crippen molar-refractivity contribution < 1.29 is 24.5 Å². The number of phenolic OH excluding ortho intramolecular Hbond substituents is 2. The lowest BCUT2D eigenvalue weighted by Crippen LogP contribution is -2.20. The number of Topliss-reactive ketones (excluding diaryl/α,β-unsaturated/α-hetero) is 1. The molecule has 1 atom stereocenters. The van der Waals surface area contributed by atoms with E-state index >= 15 is 0 Å². The Morgan fingerprint density at radius 2 is 2.00 bits per heavy atom. The zero-order chi connectivity index (χ0) is 15.0.